The summed E-state index contributed by atoms with van der Waals surface area (Å²) in [7, 11) is 4.36. The van der Waals surface area contributed by atoms with Crippen molar-refractivity contribution in [1.82, 2.24) is 9.80 Å². The summed E-state index contributed by atoms with van der Waals surface area (Å²) in [6, 6.07) is 0. The summed E-state index contributed by atoms with van der Waals surface area (Å²) >= 11 is 0. The third-order valence-electron chi connectivity index (χ3n) is 3.23. The minimum Gasteiger partial charge on any atom is -0.301 e. The Morgan fingerprint density at radius 2 is 1.85 bits per heavy atom. The van der Waals surface area contributed by atoms with Crippen LogP contribution in [0.25, 0.3) is 0 Å². The number of hydrogen-bond donors (Lipinski definition) is 0. The highest BCUT2D eigenvalue weighted by molar-refractivity contribution is 4.98. The zero-order valence-electron chi connectivity index (χ0n) is 9.80. The molecular weight excluding hydrogens is 160 g/mol. The number of rotatable bonds is 4. The quantitative estimate of drug-likeness (QED) is 0.656. The van der Waals surface area contributed by atoms with Gasteiger partial charge in [0.05, 0.1) is 0 Å². The third kappa shape index (κ3) is 2.68. The molecular formula is C11H24N2. The lowest BCUT2D eigenvalue weighted by molar-refractivity contribution is -0.0176. The molecule has 1 rings (SSSR count). The van der Waals surface area contributed by atoms with Crippen LogP contribution < -0.4 is 0 Å². The highest BCUT2D eigenvalue weighted by Gasteiger charge is 2.39. The number of hydrogen-bond acceptors (Lipinski definition) is 2. The molecule has 0 aromatic carbocycles. The lowest BCUT2D eigenvalue weighted by Crippen LogP contribution is -2.66. The fourth-order valence-corrected chi connectivity index (χ4v) is 1.80. The van der Waals surface area contributed by atoms with Crippen molar-refractivity contribution in [3.8, 4) is 0 Å². The van der Waals surface area contributed by atoms with Gasteiger partial charge in [0.2, 0.25) is 0 Å². The first-order valence-corrected chi connectivity index (χ1v) is 5.34. The average Bonchev–Trinajstić information content (AvgIpc) is 1.95. The lowest BCUT2D eigenvalue weighted by atomic mass is 9.90. The van der Waals surface area contributed by atoms with Crippen LogP contribution in [0.3, 0.4) is 0 Å². The van der Waals surface area contributed by atoms with Crippen molar-refractivity contribution in [2.75, 3.05) is 33.7 Å². The normalized spacial score (nSPS) is 22.4. The fourth-order valence-electron chi connectivity index (χ4n) is 1.80. The Kier molecular flexibility index (Phi) is 3.36. The van der Waals surface area contributed by atoms with Crippen LogP contribution in [0.15, 0.2) is 0 Å². The van der Waals surface area contributed by atoms with Crippen LogP contribution in [0.1, 0.15) is 27.2 Å². The van der Waals surface area contributed by atoms with Crippen molar-refractivity contribution < 1.29 is 0 Å². The van der Waals surface area contributed by atoms with Crippen molar-refractivity contribution in [3.63, 3.8) is 0 Å². The van der Waals surface area contributed by atoms with Crippen LogP contribution >= 0.6 is 0 Å². The highest BCUT2D eigenvalue weighted by Crippen LogP contribution is 2.25. The van der Waals surface area contributed by atoms with Gasteiger partial charge in [0.1, 0.15) is 0 Å². The Hall–Kier alpha value is -0.0800. The number of likely N-dealkylation sites (tertiary alicyclic amines) is 1. The highest BCUT2D eigenvalue weighted by atomic mass is 15.3. The van der Waals surface area contributed by atoms with Gasteiger partial charge >= 0.3 is 0 Å². The van der Waals surface area contributed by atoms with E-state index in [1.807, 2.05) is 0 Å². The molecule has 0 amide bonds. The maximum Gasteiger partial charge on any atom is 0.0429 e. The van der Waals surface area contributed by atoms with Crippen molar-refractivity contribution >= 4 is 0 Å². The lowest BCUT2D eigenvalue weighted by Gasteiger charge is -2.52. The van der Waals surface area contributed by atoms with E-state index in [0.717, 1.165) is 5.92 Å². The van der Waals surface area contributed by atoms with Crippen molar-refractivity contribution in [3.05, 3.63) is 0 Å². The molecule has 1 saturated heterocycles. The standard InChI is InChI=1S/C11H24N2/c1-10(2)6-7-13-8-11(3,9-13)12(4)5/h10H,6-9H2,1-5H3. The van der Waals surface area contributed by atoms with Gasteiger partial charge in [-0.3, -0.25) is 4.90 Å². The van der Waals surface area contributed by atoms with Crippen molar-refractivity contribution in [1.29, 1.82) is 0 Å². The van der Waals surface area contributed by atoms with E-state index in [9.17, 15) is 0 Å². The zero-order chi connectivity index (χ0) is 10.1. The Morgan fingerprint density at radius 1 is 1.31 bits per heavy atom. The van der Waals surface area contributed by atoms with Crippen LogP contribution in [-0.4, -0.2) is 49.1 Å². The molecule has 0 aromatic rings. The zero-order valence-corrected chi connectivity index (χ0v) is 9.80. The first-order valence-electron chi connectivity index (χ1n) is 5.34. The fraction of sp³-hybridized carbons (Fsp3) is 1.00. The summed E-state index contributed by atoms with van der Waals surface area (Å²) in [6.07, 6.45) is 1.34. The summed E-state index contributed by atoms with van der Waals surface area (Å²) in [5, 5.41) is 0. The average molecular weight is 184 g/mol. The van der Waals surface area contributed by atoms with Gasteiger partial charge in [0, 0.05) is 18.6 Å². The first kappa shape index (κ1) is 11.0. The van der Waals surface area contributed by atoms with Crippen LogP contribution in [0, 0.1) is 5.92 Å². The van der Waals surface area contributed by atoms with Gasteiger partial charge < -0.3 is 4.90 Å². The minimum absolute atomic E-state index is 0.441. The van der Waals surface area contributed by atoms with Crippen molar-refractivity contribution in [2.45, 2.75) is 32.7 Å². The largest absolute Gasteiger partial charge is 0.301 e. The van der Waals surface area contributed by atoms with Gasteiger partial charge in [0.15, 0.2) is 0 Å². The molecule has 2 nitrogen and oxygen atoms in total. The molecule has 0 bridgehead atoms. The van der Waals surface area contributed by atoms with Gasteiger partial charge in [-0.25, -0.2) is 0 Å². The summed E-state index contributed by atoms with van der Waals surface area (Å²) in [5.74, 6) is 0.839. The minimum atomic E-state index is 0.441. The van der Waals surface area contributed by atoms with Gasteiger partial charge in [0.25, 0.3) is 0 Å². The second-order valence-electron chi connectivity index (χ2n) is 5.28. The van der Waals surface area contributed by atoms with Gasteiger partial charge in [-0.1, -0.05) is 13.8 Å². The smallest absolute Gasteiger partial charge is 0.0429 e. The molecule has 0 saturated carbocycles. The first-order chi connectivity index (χ1) is 5.94. The SMILES string of the molecule is CC(C)CCN1CC(C)(N(C)C)C1. The Balaban J connectivity index is 2.18. The molecule has 1 aliphatic rings. The molecule has 0 aromatic heterocycles. The van der Waals surface area contributed by atoms with Gasteiger partial charge in [-0.05, 0) is 39.9 Å². The Bertz CT molecular complexity index is 157. The molecule has 1 heterocycles. The maximum atomic E-state index is 2.56. The van der Waals surface area contributed by atoms with Crippen LogP contribution in [0.4, 0.5) is 0 Å². The number of likely N-dealkylation sites (N-methyl/N-ethyl adjacent to an activating group) is 1. The third-order valence-corrected chi connectivity index (χ3v) is 3.23. The molecule has 0 N–H and O–H groups in total. The van der Waals surface area contributed by atoms with E-state index in [-0.39, 0.29) is 0 Å². The molecule has 0 aliphatic carbocycles. The second kappa shape index (κ2) is 3.97. The predicted octanol–water partition coefficient (Wildman–Crippen LogP) is 1.67. The molecule has 0 atom stereocenters. The van der Waals surface area contributed by atoms with Crippen LogP contribution in [0.5, 0.6) is 0 Å². The Labute approximate surface area is 82.9 Å². The van der Waals surface area contributed by atoms with E-state index in [1.54, 1.807) is 0 Å². The predicted molar refractivity (Wildman–Crippen MR) is 58.0 cm³/mol. The summed E-state index contributed by atoms with van der Waals surface area (Å²) in [5.41, 5.74) is 0.441. The number of nitrogens with zero attached hydrogens (tertiary/aromatic N) is 2. The maximum absolute atomic E-state index is 2.56. The van der Waals surface area contributed by atoms with E-state index in [2.05, 4.69) is 44.7 Å². The van der Waals surface area contributed by atoms with E-state index < -0.39 is 0 Å². The van der Waals surface area contributed by atoms with Gasteiger partial charge in [-0.15, -0.1) is 0 Å². The van der Waals surface area contributed by atoms with Gasteiger partial charge in [-0.2, -0.15) is 0 Å². The van der Waals surface area contributed by atoms with E-state index in [1.165, 1.54) is 26.1 Å². The van der Waals surface area contributed by atoms with Crippen molar-refractivity contribution in [2.24, 2.45) is 5.92 Å². The van der Waals surface area contributed by atoms with E-state index >= 15 is 0 Å². The topological polar surface area (TPSA) is 6.48 Å². The molecule has 0 spiro atoms. The second-order valence-corrected chi connectivity index (χ2v) is 5.28. The Morgan fingerprint density at radius 3 is 2.23 bits per heavy atom. The summed E-state index contributed by atoms with van der Waals surface area (Å²) < 4.78 is 0. The molecule has 1 fully saturated rings. The monoisotopic (exact) mass is 184 g/mol. The molecule has 2 heteroatoms. The summed E-state index contributed by atoms with van der Waals surface area (Å²) in [4.78, 5) is 4.90. The van der Waals surface area contributed by atoms with Crippen LogP contribution in [0.2, 0.25) is 0 Å². The molecule has 1 aliphatic heterocycles. The van der Waals surface area contributed by atoms with E-state index in [4.69, 9.17) is 0 Å². The van der Waals surface area contributed by atoms with Crippen LogP contribution in [-0.2, 0) is 0 Å². The molecule has 13 heavy (non-hydrogen) atoms. The molecule has 0 radical (unpaired) electrons. The molecule has 78 valence electrons. The summed E-state index contributed by atoms with van der Waals surface area (Å²) in [6.45, 7) is 10.7. The molecule has 0 unspecified atom stereocenters. The van der Waals surface area contributed by atoms with E-state index in [0.29, 0.717) is 5.54 Å².